The fraction of sp³-hybridized carbons (Fsp3) is 0.188. The van der Waals surface area contributed by atoms with Gasteiger partial charge in [0.1, 0.15) is 11.6 Å². The summed E-state index contributed by atoms with van der Waals surface area (Å²) in [7, 11) is 0. The minimum absolute atomic E-state index is 0.0258. The zero-order valence-electron chi connectivity index (χ0n) is 12.2. The largest absolute Gasteiger partial charge is 0.310 e. The molecule has 0 radical (unpaired) electrons. The SMILES string of the molecule is C#CCSc1nc2c(c(=O)[nH]1)C(c1cc(Br)ccc1F)CC(=O)N2. The number of carbonyl (C=O) groups excluding carboxylic acids is 1. The molecule has 5 nitrogen and oxygen atoms in total. The highest BCUT2D eigenvalue weighted by molar-refractivity contribution is 9.10. The number of fused-ring (bicyclic) bond motifs is 1. The van der Waals surface area contributed by atoms with Crippen molar-refractivity contribution in [1.29, 1.82) is 0 Å². The second-order valence-electron chi connectivity index (χ2n) is 5.10. The number of nitrogens with one attached hydrogen (secondary N) is 2. The third-order valence-electron chi connectivity index (χ3n) is 3.56. The van der Waals surface area contributed by atoms with Crippen LogP contribution in [0, 0.1) is 18.2 Å². The van der Waals surface area contributed by atoms with Crippen molar-refractivity contribution in [2.45, 2.75) is 17.5 Å². The third kappa shape index (κ3) is 3.23. The lowest BCUT2D eigenvalue weighted by molar-refractivity contribution is -0.116. The molecule has 0 bridgehead atoms. The molecule has 2 heterocycles. The van der Waals surface area contributed by atoms with Crippen molar-refractivity contribution in [3.8, 4) is 12.3 Å². The second-order valence-corrected chi connectivity index (χ2v) is 6.98. The van der Waals surface area contributed by atoms with Crippen molar-refractivity contribution in [3.63, 3.8) is 0 Å². The van der Waals surface area contributed by atoms with Gasteiger partial charge >= 0.3 is 0 Å². The fourth-order valence-corrected chi connectivity index (χ4v) is 3.50. The predicted molar refractivity (Wildman–Crippen MR) is 93.6 cm³/mol. The van der Waals surface area contributed by atoms with Crippen LogP contribution in [0.3, 0.4) is 0 Å². The molecule has 0 fully saturated rings. The molecule has 1 amide bonds. The molecule has 0 saturated carbocycles. The summed E-state index contributed by atoms with van der Waals surface area (Å²) in [4.78, 5) is 31.4. The molecule has 3 rings (SSSR count). The maximum absolute atomic E-state index is 14.2. The van der Waals surface area contributed by atoms with Gasteiger partial charge in [-0.2, -0.15) is 0 Å². The van der Waals surface area contributed by atoms with Crippen molar-refractivity contribution >= 4 is 39.4 Å². The van der Waals surface area contributed by atoms with Crippen molar-refractivity contribution < 1.29 is 9.18 Å². The summed E-state index contributed by atoms with van der Waals surface area (Å²) >= 11 is 4.46. The molecule has 1 aliphatic rings. The van der Waals surface area contributed by atoms with Crippen LogP contribution in [0.1, 0.15) is 23.5 Å². The molecule has 0 aliphatic carbocycles. The minimum Gasteiger partial charge on any atom is -0.310 e. The van der Waals surface area contributed by atoms with Gasteiger partial charge in [-0.3, -0.25) is 9.59 Å². The zero-order chi connectivity index (χ0) is 17.3. The molecule has 1 aromatic heterocycles. The van der Waals surface area contributed by atoms with E-state index in [-0.39, 0.29) is 29.3 Å². The van der Waals surface area contributed by atoms with Gasteiger partial charge in [-0.1, -0.05) is 33.6 Å². The number of rotatable bonds is 3. The summed E-state index contributed by atoms with van der Waals surface area (Å²) in [6.45, 7) is 0. The van der Waals surface area contributed by atoms with Gasteiger partial charge in [0.2, 0.25) is 5.91 Å². The highest BCUT2D eigenvalue weighted by Crippen LogP contribution is 2.36. The Labute approximate surface area is 149 Å². The van der Waals surface area contributed by atoms with E-state index in [1.807, 2.05) is 0 Å². The van der Waals surface area contributed by atoms with E-state index in [1.54, 1.807) is 12.1 Å². The Morgan fingerprint density at radius 1 is 1.46 bits per heavy atom. The van der Waals surface area contributed by atoms with Gasteiger partial charge in [0.15, 0.2) is 5.16 Å². The maximum atomic E-state index is 14.2. The predicted octanol–water partition coefficient (Wildman–Crippen LogP) is 2.87. The first-order valence-electron chi connectivity index (χ1n) is 6.95. The molecule has 1 aromatic carbocycles. The number of amides is 1. The molecule has 122 valence electrons. The number of anilines is 1. The molecule has 24 heavy (non-hydrogen) atoms. The standard InChI is InChI=1S/C16H11BrFN3O2S/c1-2-5-24-16-20-14-13(15(23)21-16)10(7-12(22)19-14)9-6-8(17)3-4-11(9)18/h1,3-4,6,10H,5,7H2,(H2,19,20,21,22,23). The summed E-state index contributed by atoms with van der Waals surface area (Å²) in [6.07, 6.45) is 5.17. The second kappa shape index (κ2) is 6.79. The van der Waals surface area contributed by atoms with Gasteiger partial charge in [0, 0.05) is 16.8 Å². The van der Waals surface area contributed by atoms with Crippen LogP contribution in [0.5, 0.6) is 0 Å². The first-order valence-corrected chi connectivity index (χ1v) is 8.72. The molecule has 2 aromatic rings. The summed E-state index contributed by atoms with van der Waals surface area (Å²) in [6, 6.07) is 4.43. The highest BCUT2D eigenvalue weighted by Gasteiger charge is 2.32. The van der Waals surface area contributed by atoms with Gasteiger partial charge in [0.25, 0.3) is 5.56 Å². The van der Waals surface area contributed by atoms with Gasteiger partial charge in [0.05, 0.1) is 11.3 Å². The van der Waals surface area contributed by atoms with Crippen LogP contribution in [0.4, 0.5) is 10.2 Å². The molecule has 0 spiro atoms. The quantitative estimate of drug-likeness (QED) is 0.466. The number of thioether (sulfide) groups is 1. The van der Waals surface area contributed by atoms with Gasteiger partial charge in [-0.25, -0.2) is 9.37 Å². The van der Waals surface area contributed by atoms with E-state index in [0.717, 1.165) is 0 Å². The average molecular weight is 408 g/mol. The number of terminal acetylenes is 1. The van der Waals surface area contributed by atoms with Crippen LogP contribution >= 0.6 is 27.7 Å². The van der Waals surface area contributed by atoms with Crippen LogP contribution < -0.4 is 10.9 Å². The Hall–Kier alpha value is -2.11. The number of hydrogen-bond acceptors (Lipinski definition) is 4. The lowest BCUT2D eigenvalue weighted by Gasteiger charge is -2.24. The van der Waals surface area contributed by atoms with Gasteiger partial charge in [-0.05, 0) is 23.8 Å². The molecule has 1 atom stereocenters. The van der Waals surface area contributed by atoms with Crippen molar-refractivity contribution in [2.75, 3.05) is 11.1 Å². The molecule has 0 saturated heterocycles. The molecule has 8 heteroatoms. The molecule has 2 N–H and O–H groups in total. The van der Waals surface area contributed by atoms with Crippen LogP contribution in [-0.4, -0.2) is 21.6 Å². The maximum Gasteiger partial charge on any atom is 0.257 e. The topological polar surface area (TPSA) is 74.8 Å². The highest BCUT2D eigenvalue weighted by atomic mass is 79.9. The zero-order valence-corrected chi connectivity index (χ0v) is 14.6. The number of H-pyrrole nitrogens is 1. The van der Waals surface area contributed by atoms with E-state index >= 15 is 0 Å². The first-order chi connectivity index (χ1) is 11.5. The number of carbonyl (C=O) groups is 1. The Kier molecular flexibility index (Phi) is 4.73. The third-order valence-corrected chi connectivity index (χ3v) is 4.83. The smallest absolute Gasteiger partial charge is 0.257 e. The fourth-order valence-electron chi connectivity index (χ4n) is 2.58. The lowest BCUT2D eigenvalue weighted by atomic mass is 9.86. The summed E-state index contributed by atoms with van der Waals surface area (Å²) in [5.74, 6) is 1.42. The van der Waals surface area contributed by atoms with Gasteiger partial charge in [-0.15, -0.1) is 6.42 Å². The van der Waals surface area contributed by atoms with E-state index in [1.165, 1.54) is 17.8 Å². The van der Waals surface area contributed by atoms with Crippen molar-refractivity contribution in [3.05, 3.63) is 50.0 Å². The minimum atomic E-state index is -0.700. The molecular formula is C16H11BrFN3O2S. The lowest BCUT2D eigenvalue weighted by Crippen LogP contribution is -2.31. The van der Waals surface area contributed by atoms with E-state index in [0.29, 0.717) is 15.4 Å². The molecule has 1 unspecified atom stereocenters. The number of nitrogens with zero attached hydrogens (tertiary/aromatic N) is 1. The van der Waals surface area contributed by atoms with Crippen molar-refractivity contribution in [2.24, 2.45) is 0 Å². The first kappa shape index (κ1) is 16.7. The normalized spacial score (nSPS) is 16.2. The number of aromatic amines is 1. The molecular weight excluding hydrogens is 397 g/mol. The van der Waals surface area contributed by atoms with Crippen LogP contribution in [0.25, 0.3) is 0 Å². The Morgan fingerprint density at radius 2 is 2.25 bits per heavy atom. The number of halogens is 2. The van der Waals surface area contributed by atoms with Crippen LogP contribution in [0.15, 0.2) is 32.6 Å². The average Bonchev–Trinajstić information content (AvgIpc) is 2.54. The van der Waals surface area contributed by atoms with Gasteiger partial charge < -0.3 is 10.3 Å². The Morgan fingerprint density at radius 3 is 3.00 bits per heavy atom. The molecule has 1 aliphatic heterocycles. The monoisotopic (exact) mass is 407 g/mol. The summed E-state index contributed by atoms with van der Waals surface area (Å²) in [5.41, 5.74) is 0.109. The van der Waals surface area contributed by atoms with E-state index in [9.17, 15) is 14.0 Å². The van der Waals surface area contributed by atoms with E-state index in [2.05, 4.69) is 37.1 Å². The number of hydrogen-bond donors (Lipinski definition) is 2. The summed E-state index contributed by atoms with van der Waals surface area (Å²) in [5, 5.41) is 2.89. The van der Waals surface area contributed by atoms with E-state index < -0.39 is 17.3 Å². The number of aromatic nitrogens is 2. The van der Waals surface area contributed by atoms with Crippen LogP contribution in [-0.2, 0) is 4.79 Å². The number of benzene rings is 1. The Balaban J connectivity index is 2.13. The van der Waals surface area contributed by atoms with Crippen LogP contribution in [0.2, 0.25) is 0 Å². The Bertz CT molecular complexity index is 923. The van der Waals surface area contributed by atoms with E-state index in [4.69, 9.17) is 6.42 Å². The van der Waals surface area contributed by atoms with Crippen molar-refractivity contribution in [1.82, 2.24) is 9.97 Å². The summed E-state index contributed by atoms with van der Waals surface area (Å²) < 4.78 is 14.9.